The van der Waals surface area contributed by atoms with Gasteiger partial charge in [-0.1, -0.05) is 12.1 Å². The number of ether oxygens (including phenoxy) is 1. The summed E-state index contributed by atoms with van der Waals surface area (Å²) in [6.45, 7) is 5.51. The van der Waals surface area contributed by atoms with E-state index in [1.807, 2.05) is 20.8 Å². The average Bonchev–Trinajstić information content (AvgIpc) is 2.03. The Kier molecular flexibility index (Phi) is 3.07. The molecule has 0 saturated heterocycles. The molecule has 1 radical (unpaired) electrons. The Morgan fingerprint density at radius 2 is 2.23 bits per heavy atom. The third kappa shape index (κ3) is 2.58. The Bertz CT molecular complexity index is 303. The number of esters is 1. The number of aryl methyl sites for hydroxylation is 1. The van der Waals surface area contributed by atoms with Crippen molar-refractivity contribution in [2.75, 3.05) is 0 Å². The fourth-order valence-electron chi connectivity index (χ4n) is 1.02. The minimum Gasteiger partial charge on any atom is -0.459 e. The number of carbonyl (C=O) groups excluding carboxylic acids is 1. The molecule has 0 unspecified atom stereocenters. The molecule has 0 fully saturated rings. The third-order valence-corrected chi connectivity index (χ3v) is 1.63. The van der Waals surface area contributed by atoms with Gasteiger partial charge in [-0.25, -0.2) is 4.79 Å². The fourth-order valence-corrected chi connectivity index (χ4v) is 1.02. The Morgan fingerprint density at radius 3 is 2.77 bits per heavy atom. The zero-order valence-corrected chi connectivity index (χ0v) is 8.13. The van der Waals surface area contributed by atoms with Gasteiger partial charge in [-0.15, -0.1) is 0 Å². The monoisotopic (exact) mass is 177 g/mol. The lowest BCUT2D eigenvalue weighted by molar-refractivity contribution is 0.0377. The predicted octanol–water partition coefficient (Wildman–Crippen LogP) is 2.36. The quantitative estimate of drug-likeness (QED) is 0.648. The zero-order valence-electron chi connectivity index (χ0n) is 8.13. The summed E-state index contributed by atoms with van der Waals surface area (Å²) in [5.41, 5.74) is 1.42. The van der Waals surface area contributed by atoms with Crippen LogP contribution in [-0.4, -0.2) is 12.1 Å². The van der Waals surface area contributed by atoms with Crippen molar-refractivity contribution in [1.29, 1.82) is 0 Å². The highest BCUT2D eigenvalue weighted by molar-refractivity contribution is 5.90. The van der Waals surface area contributed by atoms with E-state index in [0.29, 0.717) is 5.56 Å². The summed E-state index contributed by atoms with van der Waals surface area (Å²) in [5, 5.41) is 0. The Balaban J connectivity index is 2.83. The summed E-state index contributed by atoms with van der Waals surface area (Å²) in [4.78, 5) is 11.4. The summed E-state index contributed by atoms with van der Waals surface area (Å²) in [6, 6.07) is 8.26. The first kappa shape index (κ1) is 9.78. The molecule has 1 aromatic carbocycles. The topological polar surface area (TPSA) is 26.3 Å². The van der Waals surface area contributed by atoms with Crippen molar-refractivity contribution in [3.63, 3.8) is 0 Å². The first-order chi connectivity index (χ1) is 6.11. The van der Waals surface area contributed by atoms with Gasteiger partial charge in [0, 0.05) is 0 Å². The third-order valence-electron chi connectivity index (χ3n) is 1.63. The molecule has 0 aliphatic carbocycles. The summed E-state index contributed by atoms with van der Waals surface area (Å²) in [7, 11) is 0. The van der Waals surface area contributed by atoms with Crippen LogP contribution in [0, 0.1) is 13.0 Å². The van der Waals surface area contributed by atoms with Crippen LogP contribution in [0.5, 0.6) is 0 Å². The highest BCUT2D eigenvalue weighted by atomic mass is 16.5. The highest BCUT2D eigenvalue weighted by Gasteiger charge is 2.10. The van der Waals surface area contributed by atoms with Crippen molar-refractivity contribution in [2.45, 2.75) is 26.9 Å². The van der Waals surface area contributed by atoms with Crippen LogP contribution in [0.1, 0.15) is 29.8 Å². The zero-order chi connectivity index (χ0) is 9.84. The molecule has 0 amide bonds. The lowest BCUT2D eigenvalue weighted by Crippen LogP contribution is -2.12. The van der Waals surface area contributed by atoms with Crippen molar-refractivity contribution >= 4 is 5.97 Å². The van der Waals surface area contributed by atoms with Crippen LogP contribution in [0.25, 0.3) is 0 Å². The van der Waals surface area contributed by atoms with Gasteiger partial charge in [-0.3, -0.25) is 0 Å². The number of hydrogen-bond acceptors (Lipinski definition) is 2. The van der Waals surface area contributed by atoms with Gasteiger partial charge < -0.3 is 4.74 Å². The van der Waals surface area contributed by atoms with E-state index in [1.165, 1.54) is 0 Å². The Hall–Kier alpha value is -1.31. The van der Waals surface area contributed by atoms with Gasteiger partial charge in [0.25, 0.3) is 0 Å². The average molecular weight is 177 g/mol. The SMILES string of the molecule is Cc1[c]cccc1C(=O)OC(C)C. The highest BCUT2D eigenvalue weighted by Crippen LogP contribution is 2.08. The van der Waals surface area contributed by atoms with E-state index in [0.717, 1.165) is 5.56 Å². The smallest absolute Gasteiger partial charge is 0.338 e. The van der Waals surface area contributed by atoms with Crippen LogP contribution in [0.3, 0.4) is 0 Å². The van der Waals surface area contributed by atoms with Gasteiger partial charge in [0.2, 0.25) is 0 Å². The molecule has 1 aromatic rings. The molecule has 0 N–H and O–H groups in total. The van der Waals surface area contributed by atoms with E-state index in [2.05, 4.69) is 6.07 Å². The minimum absolute atomic E-state index is 0.0768. The summed E-state index contributed by atoms with van der Waals surface area (Å²) < 4.78 is 5.06. The largest absolute Gasteiger partial charge is 0.459 e. The molecule has 0 aliphatic rings. The van der Waals surface area contributed by atoms with E-state index >= 15 is 0 Å². The summed E-state index contributed by atoms with van der Waals surface area (Å²) in [5.74, 6) is -0.274. The second kappa shape index (κ2) is 4.08. The number of rotatable bonds is 2. The lowest BCUT2D eigenvalue weighted by Gasteiger charge is -2.08. The molecule has 0 spiro atoms. The van der Waals surface area contributed by atoms with E-state index < -0.39 is 0 Å². The van der Waals surface area contributed by atoms with E-state index in [-0.39, 0.29) is 12.1 Å². The molecule has 0 heterocycles. The molecular weight excluding hydrogens is 164 g/mol. The van der Waals surface area contributed by atoms with Gasteiger partial charge in [-0.05, 0) is 38.5 Å². The van der Waals surface area contributed by atoms with Crippen LogP contribution in [0.4, 0.5) is 0 Å². The summed E-state index contributed by atoms with van der Waals surface area (Å²) >= 11 is 0. The first-order valence-corrected chi connectivity index (χ1v) is 4.29. The van der Waals surface area contributed by atoms with E-state index in [9.17, 15) is 4.79 Å². The Morgan fingerprint density at radius 1 is 1.54 bits per heavy atom. The Labute approximate surface area is 78.5 Å². The number of carbonyl (C=O) groups is 1. The molecule has 2 heteroatoms. The number of benzene rings is 1. The minimum atomic E-state index is -0.274. The molecule has 2 nitrogen and oxygen atoms in total. The lowest BCUT2D eigenvalue weighted by atomic mass is 10.1. The van der Waals surface area contributed by atoms with Gasteiger partial charge >= 0.3 is 5.97 Å². The predicted molar refractivity (Wildman–Crippen MR) is 50.6 cm³/mol. The molecule has 69 valence electrons. The standard InChI is InChI=1S/C11H13O2/c1-8(2)13-11(12)10-7-5-4-6-9(10)3/h4-5,7-8H,1-3H3. The summed E-state index contributed by atoms with van der Waals surface area (Å²) in [6.07, 6.45) is -0.0768. The molecule has 13 heavy (non-hydrogen) atoms. The fraction of sp³-hybridized carbons (Fsp3) is 0.364. The normalized spacial score (nSPS) is 10.2. The van der Waals surface area contributed by atoms with Crippen LogP contribution < -0.4 is 0 Å². The molecular formula is C11H13O2. The molecule has 0 saturated carbocycles. The second-order valence-corrected chi connectivity index (χ2v) is 3.16. The number of hydrogen-bond donors (Lipinski definition) is 0. The molecule has 0 aromatic heterocycles. The van der Waals surface area contributed by atoms with E-state index in [1.54, 1.807) is 18.2 Å². The van der Waals surface area contributed by atoms with Gasteiger partial charge in [0.05, 0.1) is 11.7 Å². The van der Waals surface area contributed by atoms with Crippen LogP contribution in [-0.2, 0) is 4.74 Å². The van der Waals surface area contributed by atoms with Gasteiger partial charge in [-0.2, -0.15) is 0 Å². The van der Waals surface area contributed by atoms with Crippen molar-refractivity contribution in [3.8, 4) is 0 Å². The molecule has 1 rings (SSSR count). The van der Waals surface area contributed by atoms with Crippen molar-refractivity contribution in [1.82, 2.24) is 0 Å². The van der Waals surface area contributed by atoms with Crippen LogP contribution >= 0.6 is 0 Å². The van der Waals surface area contributed by atoms with E-state index in [4.69, 9.17) is 4.74 Å². The van der Waals surface area contributed by atoms with Gasteiger partial charge in [0.1, 0.15) is 0 Å². The van der Waals surface area contributed by atoms with Crippen molar-refractivity contribution < 1.29 is 9.53 Å². The molecule has 0 atom stereocenters. The maximum Gasteiger partial charge on any atom is 0.338 e. The van der Waals surface area contributed by atoms with Crippen molar-refractivity contribution in [2.24, 2.45) is 0 Å². The maximum atomic E-state index is 11.4. The second-order valence-electron chi connectivity index (χ2n) is 3.16. The maximum absolute atomic E-state index is 11.4. The van der Waals surface area contributed by atoms with Crippen LogP contribution in [0.2, 0.25) is 0 Å². The molecule has 0 aliphatic heterocycles. The van der Waals surface area contributed by atoms with Gasteiger partial charge in [0.15, 0.2) is 0 Å². The van der Waals surface area contributed by atoms with Crippen molar-refractivity contribution in [3.05, 3.63) is 35.4 Å². The van der Waals surface area contributed by atoms with Crippen LogP contribution in [0.15, 0.2) is 18.2 Å². The molecule has 0 bridgehead atoms. The first-order valence-electron chi connectivity index (χ1n) is 4.29.